The van der Waals surface area contributed by atoms with Crippen LogP contribution >= 0.6 is 0 Å². The standard InChI is InChI=1S/C6H7NO/c1-2-6(8-3-1)5-4-7-5/h1-3,5,7H,4H2/t5-/m1/s1. The summed E-state index contributed by atoms with van der Waals surface area (Å²) in [6.07, 6.45) is 1.70. The van der Waals surface area contributed by atoms with Crippen molar-refractivity contribution >= 4 is 0 Å². The van der Waals surface area contributed by atoms with Gasteiger partial charge < -0.3 is 9.73 Å². The summed E-state index contributed by atoms with van der Waals surface area (Å²) in [6, 6.07) is 4.42. The summed E-state index contributed by atoms with van der Waals surface area (Å²) < 4.78 is 5.09. The average molecular weight is 109 g/mol. The van der Waals surface area contributed by atoms with E-state index in [1.165, 1.54) is 0 Å². The molecule has 2 heteroatoms. The highest BCUT2D eigenvalue weighted by Gasteiger charge is 2.24. The molecule has 1 saturated heterocycles. The summed E-state index contributed by atoms with van der Waals surface area (Å²) >= 11 is 0. The number of furan rings is 1. The maximum Gasteiger partial charge on any atom is 0.121 e. The molecule has 1 atom stereocenters. The smallest absolute Gasteiger partial charge is 0.121 e. The molecule has 0 aliphatic carbocycles. The molecule has 1 aliphatic heterocycles. The minimum atomic E-state index is 0.519. The van der Waals surface area contributed by atoms with Crippen LogP contribution in [0.3, 0.4) is 0 Å². The van der Waals surface area contributed by atoms with E-state index in [1.807, 2.05) is 12.1 Å². The van der Waals surface area contributed by atoms with E-state index < -0.39 is 0 Å². The SMILES string of the molecule is c1coc([C@H]2CN2)c1. The van der Waals surface area contributed by atoms with E-state index in [4.69, 9.17) is 4.42 Å². The molecular formula is C6H7NO. The van der Waals surface area contributed by atoms with Crippen molar-refractivity contribution in [3.63, 3.8) is 0 Å². The van der Waals surface area contributed by atoms with Gasteiger partial charge in [0.25, 0.3) is 0 Å². The van der Waals surface area contributed by atoms with Crippen molar-refractivity contribution < 1.29 is 4.42 Å². The Morgan fingerprint density at radius 1 is 1.75 bits per heavy atom. The van der Waals surface area contributed by atoms with Gasteiger partial charge in [0.05, 0.1) is 12.3 Å². The largest absolute Gasteiger partial charge is 0.468 e. The van der Waals surface area contributed by atoms with E-state index in [-0.39, 0.29) is 0 Å². The number of rotatable bonds is 1. The fourth-order valence-electron chi connectivity index (χ4n) is 0.750. The van der Waals surface area contributed by atoms with E-state index in [0.717, 1.165) is 12.3 Å². The van der Waals surface area contributed by atoms with Crippen LogP contribution in [0.1, 0.15) is 11.8 Å². The molecule has 2 heterocycles. The van der Waals surface area contributed by atoms with Gasteiger partial charge in [-0.1, -0.05) is 0 Å². The van der Waals surface area contributed by atoms with Gasteiger partial charge in [0, 0.05) is 6.54 Å². The Kier molecular flexibility index (Phi) is 0.704. The van der Waals surface area contributed by atoms with Crippen LogP contribution in [0.2, 0.25) is 0 Å². The second-order valence-corrected chi connectivity index (χ2v) is 1.98. The third-order valence-electron chi connectivity index (χ3n) is 1.29. The maximum atomic E-state index is 5.09. The normalized spacial score (nSPS) is 25.8. The molecule has 0 unspecified atom stereocenters. The van der Waals surface area contributed by atoms with Crippen molar-refractivity contribution in [3.8, 4) is 0 Å². The van der Waals surface area contributed by atoms with Crippen LogP contribution in [-0.4, -0.2) is 6.54 Å². The van der Waals surface area contributed by atoms with Crippen LogP contribution in [0.4, 0.5) is 0 Å². The van der Waals surface area contributed by atoms with Crippen LogP contribution in [-0.2, 0) is 0 Å². The molecule has 0 aromatic carbocycles. The second-order valence-electron chi connectivity index (χ2n) is 1.98. The topological polar surface area (TPSA) is 35.1 Å². The first-order valence-corrected chi connectivity index (χ1v) is 2.73. The Hall–Kier alpha value is -0.760. The van der Waals surface area contributed by atoms with E-state index in [9.17, 15) is 0 Å². The Labute approximate surface area is 47.5 Å². The van der Waals surface area contributed by atoms with E-state index in [0.29, 0.717) is 6.04 Å². The quantitative estimate of drug-likeness (QED) is 0.544. The molecule has 0 saturated carbocycles. The third-order valence-corrected chi connectivity index (χ3v) is 1.29. The molecule has 1 aromatic heterocycles. The Morgan fingerprint density at radius 3 is 3.12 bits per heavy atom. The van der Waals surface area contributed by atoms with E-state index in [2.05, 4.69) is 5.32 Å². The molecule has 1 aliphatic rings. The Bertz CT molecular complexity index is 165. The van der Waals surface area contributed by atoms with Crippen LogP contribution in [0, 0.1) is 0 Å². The predicted molar refractivity (Wildman–Crippen MR) is 29.5 cm³/mol. The molecule has 1 aromatic rings. The summed E-state index contributed by atoms with van der Waals surface area (Å²) in [5.41, 5.74) is 0. The lowest BCUT2D eigenvalue weighted by molar-refractivity contribution is 0.510. The second kappa shape index (κ2) is 1.36. The van der Waals surface area contributed by atoms with Gasteiger partial charge in [-0.25, -0.2) is 0 Å². The van der Waals surface area contributed by atoms with Crippen molar-refractivity contribution in [1.82, 2.24) is 5.32 Å². The first-order valence-electron chi connectivity index (χ1n) is 2.73. The molecule has 1 fully saturated rings. The molecule has 0 spiro atoms. The highest BCUT2D eigenvalue weighted by Crippen LogP contribution is 2.20. The minimum Gasteiger partial charge on any atom is -0.468 e. The molecule has 0 amide bonds. The fraction of sp³-hybridized carbons (Fsp3) is 0.333. The Morgan fingerprint density at radius 2 is 2.62 bits per heavy atom. The van der Waals surface area contributed by atoms with Crippen molar-refractivity contribution in [2.45, 2.75) is 6.04 Å². The van der Waals surface area contributed by atoms with Gasteiger partial charge in [0.15, 0.2) is 0 Å². The van der Waals surface area contributed by atoms with Crippen LogP contribution < -0.4 is 5.32 Å². The highest BCUT2D eigenvalue weighted by molar-refractivity contribution is 5.10. The maximum absolute atomic E-state index is 5.09. The zero-order chi connectivity index (χ0) is 5.40. The summed E-state index contributed by atoms with van der Waals surface area (Å²) in [7, 11) is 0. The van der Waals surface area contributed by atoms with Crippen molar-refractivity contribution in [2.24, 2.45) is 0 Å². The molecule has 2 rings (SSSR count). The van der Waals surface area contributed by atoms with Crippen LogP contribution in [0.25, 0.3) is 0 Å². The minimum absolute atomic E-state index is 0.519. The summed E-state index contributed by atoms with van der Waals surface area (Å²) in [5, 5.41) is 3.14. The lowest BCUT2D eigenvalue weighted by atomic mass is 10.4. The van der Waals surface area contributed by atoms with Crippen molar-refractivity contribution in [1.29, 1.82) is 0 Å². The molecular weight excluding hydrogens is 102 g/mol. The Balaban J connectivity index is 2.28. The molecule has 1 N–H and O–H groups in total. The van der Waals surface area contributed by atoms with Crippen molar-refractivity contribution in [3.05, 3.63) is 24.2 Å². The van der Waals surface area contributed by atoms with E-state index >= 15 is 0 Å². The van der Waals surface area contributed by atoms with Gasteiger partial charge in [-0.15, -0.1) is 0 Å². The molecule has 0 radical (unpaired) electrons. The number of hydrogen-bond acceptors (Lipinski definition) is 2. The molecule has 8 heavy (non-hydrogen) atoms. The van der Waals surface area contributed by atoms with Crippen molar-refractivity contribution in [2.75, 3.05) is 6.54 Å². The zero-order valence-corrected chi connectivity index (χ0v) is 4.42. The monoisotopic (exact) mass is 109 g/mol. The van der Waals surface area contributed by atoms with Gasteiger partial charge in [0.2, 0.25) is 0 Å². The molecule has 42 valence electrons. The van der Waals surface area contributed by atoms with E-state index in [1.54, 1.807) is 6.26 Å². The van der Waals surface area contributed by atoms with Gasteiger partial charge in [0.1, 0.15) is 5.76 Å². The van der Waals surface area contributed by atoms with Crippen LogP contribution in [0.5, 0.6) is 0 Å². The summed E-state index contributed by atoms with van der Waals surface area (Å²) in [4.78, 5) is 0. The average Bonchev–Trinajstić information content (AvgIpc) is 2.49. The summed E-state index contributed by atoms with van der Waals surface area (Å²) in [6.45, 7) is 1.08. The first kappa shape index (κ1) is 4.15. The summed E-state index contributed by atoms with van der Waals surface area (Å²) in [5.74, 6) is 1.06. The van der Waals surface area contributed by atoms with Gasteiger partial charge >= 0.3 is 0 Å². The van der Waals surface area contributed by atoms with Gasteiger partial charge in [-0.05, 0) is 12.1 Å². The fourth-order valence-corrected chi connectivity index (χ4v) is 0.750. The van der Waals surface area contributed by atoms with Crippen LogP contribution in [0.15, 0.2) is 22.8 Å². The zero-order valence-electron chi connectivity index (χ0n) is 4.42. The molecule has 2 nitrogen and oxygen atoms in total. The number of nitrogens with one attached hydrogen (secondary N) is 1. The molecule has 0 bridgehead atoms. The lowest BCUT2D eigenvalue weighted by Crippen LogP contribution is -1.75. The number of hydrogen-bond donors (Lipinski definition) is 1. The highest BCUT2D eigenvalue weighted by atomic mass is 16.3. The first-order chi connectivity index (χ1) is 3.97. The lowest BCUT2D eigenvalue weighted by Gasteiger charge is -1.81. The van der Waals surface area contributed by atoms with Gasteiger partial charge in [-0.3, -0.25) is 0 Å². The predicted octanol–water partition coefficient (Wildman–Crippen LogP) is 0.924. The van der Waals surface area contributed by atoms with Gasteiger partial charge in [-0.2, -0.15) is 0 Å². The third kappa shape index (κ3) is 0.537.